The van der Waals surface area contributed by atoms with Crippen molar-refractivity contribution in [2.24, 2.45) is 5.73 Å². The zero-order chi connectivity index (χ0) is 34.3. The van der Waals surface area contributed by atoms with Crippen molar-refractivity contribution in [3.8, 4) is 17.5 Å². The van der Waals surface area contributed by atoms with Gasteiger partial charge in [-0.3, -0.25) is 9.59 Å². The van der Waals surface area contributed by atoms with Crippen LogP contribution >= 0.6 is 43.2 Å². The van der Waals surface area contributed by atoms with E-state index in [9.17, 15) is 24.8 Å². The smallest absolute Gasteiger partial charge is 0.294 e. The molecule has 2 rings (SSSR count). The van der Waals surface area contributed by atoms with Crippen molar-refractivity contribution in [3.05, 3.63) is 39.9 Å². The number of amides is 2. The maximum absolute atomic E-state index is 12.1. The summed E-state index contributed by atoms with van der Waals surface area (Å²) in [6.45, 7) is 0.811. The second-order valence-electron chi connectivity index (χ2n) is 9.28. The Labute approximate surface area is 290 Å². The topological polar surface area (TPSA) is 203 Å². The van der Waals surface area contributed by atoms with Gasteiger partial charge >= 0.3 is 0 Å². The first-order chi connectivity index (χ1) is 22.8. The van der Waals surface area contributed by atoms with Gasteiger partial charge in [-0.15, -0.1) is 10.1 Å². The molecular formula is C27H40BN4O11S4. The predicted octanol–water partition coefficient (Wildman–Crippen LogP) is 0.944. The van der Waals surface area contributed by atoms with Crippen LogP contribution in [0.25, 0.3) is 0 Å². The molecule has 5 atom stereocenters. The van der Waals surface area contributed by atoms with E-state index in [1.165, 1.54) is 43.2 Å². The van der Waals surface area contributed by atoms with Gasteiger partial charge in [0.05, 0.1) is 32.5 Å². The van der Waals surface area contributed by atoms with Gasteiger partial charge in [0.1, 0.15) is 42.5 Å². The minimum Gasteiger partial charge on any atom is -0.490 e. The van der Waals surface area contributed by atoms with E-state index in [1.54, 1.807) is 31.5 Å². The molecule has 2 amide bonds. The lowest BCUT2D eigenvalue weighted by molar-refractivity contribution is -0.758. The minimum atomic E-state index is -0.879. The average Bonchev–Trinajstić information content (AvgIpc) is 3.46. The largest absolute Gasteiger partial charge is 0.490 e. The van der Waals surface area contributed by atoms with Crippen molar-refractivity contribution in [3.63, 3.8) is 0 Å². The maximum Gasteiger partial charge on any atom is 0.294 e. The monoisotopic (exact) mass is 735 g/mol. The van der Waals surface area contributed by atoms with Gasteiger partial charge in [0, 0.05) is 24.7 Å². The van der Waals surface area contributed by atoms with Gasteiger partial charge in [-0.25, -0.2) is 0 Å². The van der Waals surface area contributed by atoms with Gasteiger partial charge in [0.2, 0.25) is 5.91 Å². The van der Waals surface area contributed by atoms with Gasteiger partial charge in [0.25, 0.3) is 18.3 Å². The summed E-state index contributed by atoms with van der Waals surface area (Å²) in [6, 6.07) is 6.42. The third-order valence-corrected chi connectivity index (χ3v) is 9.66. The van der Waals surface area contributed by atoms with E-state index in [4.69, 9.17) is 29.4 Å². The quantitative estimate of drug-likeness (QED) is 0.0222. The van der Waals surface area contributed by atoms with Crippen LogP contribution in [0.15, 0.2) is 24.3 Å². The zero-order valence-electron chi connectivity index (χ0n) is 26.0. The highest BCUT2D eigenvalue weighted by Crippen LogP contribution is 2.31. The summed E-state index contributed by atoms with van der Waals surface area (Å²) in [7, 11) is 7.27. The van der Waals surface area contributed by atoms with Gasteiger partial charge in [-0.2, -0.15) is 5.82 Å². The number of carbonyl (C=O) groups excluding carboxylic acids is 2. The fraction of sp³-hybridized carbons (Fsp3) is 0.630. The SMILES string of the molecule is CSSC(COc1cccc(C(=O)NCCN)c1)OCCOCC(=O)NCC#C[B][C@H]1C[C@@H](O[C@@H](CO[N+](=O)[O-])SSC)C(CO)O1. The van der Waals surface area contributed by atoms with Crippen LogP contribution in [0.2, 0.25) is 0 Å². The van der Waals surface area contributed by atoms with Crippen LogP contribution in [0.1, 0.15) is 16.8 Å². The van der Waals surface area contributed by atoms with Gasteiger partial charge in [0.15, 0.2) is 0 Å². The number of nitrogens with one attached hydrogen (secondary N) is 2. The molecule has 0 spiro atoms. The number of carbonyl (C=O) groups is 2. The molecule has 20 heteroatoms. The Bertz CT molecular complexity index is 1150. The normalized spacial score (nSPS) is 18.3. The maximum atomic E-state index is 12.1. The van der Waals surface area contributed by atoms with Crippen molar-refractivity contribution >= 4 is 62.3 Å². The number of hydrogen-bond donors (Lipinski definition) is 4. The van der Waals surface area contributed by atoms with Crippen LogP contribution < -0.4 is 21.1 Å². The molecule has 1 heterocycles. The number of rotatable bonds is 24. The Morgan fingerprint density at radius 1 is 1.21 bits per heavy atom. The van der Waals surface area contributed by atoms with Crippen molar-refractivity contribution < 1.29 is 48.3 Å². The average molecular weight is 736 g/mol. The number of aliphatic hydroxyl groups is 1. The molecule has 1 aromatic carbocycles. The van der Waals surface area contributed by atoms with E-state index < -0.39 is 28.7 Å². The summed E-state index contributed by atoms with van der Waals surface area (Å²) in [4.78, 5) is 39.2. The standard InChI is InChI=1S/C27H40BN4O11S4/c1-44-46-25(17-40-20-6-3-5-19(13-20)27(35)31-10-8-29)39-12-11-38-16-24(34)30-9-4-7-28-23-14-21(22(15-33)42-23)43-26(47-45-2)18-41-32(36)37/h3,5-6,13,21-23,25-26,33H,8-12,14-18,29H2,1-2H3,(H,30,34)(H,31,35)/t21-,22?,23-,25?,26-/m1/s1. The van der Waals surface area contributed by atoms with E-state index in [0.29, 0.717) is 30.8 Å². The van der Waals surface area contributed by atoms with Crippen molar-refractivity contribution in [2.45, 2.75) is 35.5 Å². The first-order valence-corrected chi connectivity index (χ1v) is 19.6. The van der Waals surface area contributed by atoms with E-state index >= 15 is 0 Å². The first-order valence-electron chi connectivity index (χ1n) is 14.4. The highest BCUT2D eigenvalue weighted by molar-refractivity contribution is 8.76. The molecule has 1 aromatic rings. The summed E-state index contributed by atoms with van der Waals surface area (Å²) in [5, 5.41) is 24.7. The van der Waals surface area contributed by atoms with Gasteiger partial charge in [-0.05, 0) is 37.1 Å². The lowest BCUT2D eigenvalue weighted by atomic mass is 9.71. The highest BCUT2D eigenvalue weighted by atomic mass is 33.1. The Morgan fingerprint density at radius 2 is 2.00 bits per heavy atom. The molecule has 5 N–H and O–H groups in total. The number of ether oxygens (including phenoxy) is 5. The lowest BCUT2D eigenvalue weighted by Gasteiger charge is -2.22. The summed E-state index contributed by atoms with van der Waals surface area (Å²) >= 11 is 0. The molecule has 0 aromatic heterocycles. The van der Waals surface area contributed by atoms with Crippen LogP contribution in [0.3, 0.4) is 0 Å². The van der Waals surface area contributed by atoms with Crippen LogP contribution in [0.4, 0.5) is 0 Å². The fourth-order valence-corrected chi connectivity index (χ4v) is 6.80. The van der Waals surface area contributed by atoms with Gasteiger partial charge < -0.3 is 50.0 Å². The van der Waals surface area contributed by atoms with Crippen LogP contribution in [0.5, 0.6) is 5.75 Å². The highest BCUT2D eigenvalue weighted by Gasteiger charge is 2.37. The molecule has 1 fully saturated rings. The molecule has 0 saturated carbocycles. The van der Waals surface area contributed by atoms with E-state index in [1.807, 2.05) is 12.5 Å². The summed E-state index contributed by atoms with van der Waals surface area (Å²) < 4.78 is 28.7. The molecular weight excluding hydrogens is 695 g/mol. The molecule has 261 valence electrons. The van der Waals surface area contributed by atoms with E-state index in [0.717, 1.165) is 0 Å². The molecule has 1 radical (unpaired) electrons. The second kappa shape index (κ2) is 25.0. The van der Waals surface area contributed by atoms with E-state index in [-0.39, 0.29) is 63.4 Å². The molecule has 47 heavy (non-hydrogen) atoms. The Balaban J connectivity index is 1.63. The number of nitrogens with zero attached hydrogens (tertiary/aromatic N) is 1. The van der Waals surface area contributed by atoms with Crippen molar-refractivity contribution in [2.75, 3.05) is 71.8 Å². The van der Waals surface area contributed by atoms with Crippen LogP contribution in [0, 0.1) is 21.9 Å². The molecule has 15 nitrogen and oxygen atoms in total. The fourth-order valence-electron chi connectivity index (χ4n) is 3.86. The second-order valence-corrected chi connectivity index (χ2v) is 14.5. The lowest BCUT2D eigenvalue weighted by Crippen LogP contribution is -2.32. The summed E-state index contributed by atoms with van der Waals surface area (Å²) in [5.41, 5.74) is 4.98. The third-order valence-electron chi connectivity index (χ3n) is 5.88. The third kappa shape index (κ3) is 17.8. The molecule has 1 saturated heterocycles. The number of benzene rings is 1. The molecule has 0 aliphatic carbocycles. The Kier molecular flexibility index (Phi) is 21.9. The Morgan fingerprint density at radius 3 is 2.72 bits per heavy atom. The van der Waals surface area contributed by atoms with E-state index in [2.05, 4.69) is 27.2 Å². The molecule has 2 unspecified atom stereocenters. The molecule has 0 bridgehead atoms. The van der Waals surface area contributed by atoms with Gasteiger partial charge in [-0.1, -0.05) is 55.2 Å². The Hall–Kier alpha value is -2.06. The van der Waals surface area contributed by atoms with Crippen LogP contribution in [-0.2, 0) is 28.6 Å². The zero-order valence-corrected chi connectivity index (χ0v) is 29.3. The summed E-state index contributed by atoms with van der Waals surface area (Å²) in [6.07, 6.45) is 3.02. The summed E-state index contributed by atoms with van der Waals surface area (Å²) in [5.74, 6) is 5.61. The molecule has 1 aliphatic heterocycles. The number of aliphatic hydroxyl groups excluding tert-OH is 1. The first kappa shape index (κ1) is 41.1. The van der Waals surface area contributed by atoms with Crippen LogP contribution in [-0.4, -0.2) is 130 Å². The predicted molar refractivity (Wildman–Crippen MR) is 185 cm³/mol. The van der Waals surface area contributed by atoms with Crippen molar-refractivity contribution in [1.29, 1.82) is 0 Å². The number of hydrogen-bond acceptors (Lipinski definition) is 16. The molecule has 1 aliphatic rings. The minimum absolute atomic E-state index is 0.0928. The number of nitrogens with two attached hydrogens (primary N) is 1. The van der Waals surface area contributed by atoms with Crippen molar-refractivity contribution in [1.82, 2.24) is 10.6 Å².